The quantitative estimate of drug-likeness (QED) is 0.780. The lowest BCUT2D eigenvalue weighted by Gasteiger charge is -2.08. The molecular formula is C18H24N2OS2. The molecule has 1 N–H and O–H groups in total. The van der Waals surface area contributed by atoms with E-state index in [4.69, 9.17) is 0 Å². The third-order valence-electron chi connectivity index (χ3n) is 4.48. The van der Waals surface area contributed by atoms with Crippen LogP contribution in [-0.2, 0) is 11.2 Å². The summed E-state index contributed by atoms with van der Waals surface area (Å²) >= 11 is 3.46. The van der Waals surface area contributed by atoms with Crippen molar-refractivity contribution in [2.75, 3.05) is 6.54 Å². The van der Waals surface area contributed by atoms with E-state index in [9.17, 15) is 4.79 Å². The third-order valence-corrected chi connectivity index (χ3v) is 6.42. The van der Waals surface area contributed by atoms with Crippen molar-refractivity contribution in [2.24, 2.45) is 5.92 Å². The average Bonchev–Trinajstić information content (AvgIpc) is 3.26. The minimum atomic E-state index is 0.212. The molecule has 1 fully saturated rings. The number of aryl methyl sites for hydroxylation is 1. The van der Waals surface area contributed by atoms with Crippen LogP contribution in [0.15, 0.2) is 17.5 Å². The van der Waals surface area contributed by atoms with Gasteiger partial charge in [0, 0.05) is 23.2 Å². The molecule has 1 aliphatic carbocycles. The van der Waals surface area contributed by atoms with Crippen LogP contribution in [0.4, 0.5) is 0 Å². The number of aromatic nitrogens is 1. The van der Waals surface area contributed by atoms with Gasteiger partial charge < -0.3 is 5.32 Å². The van der Waals surface area contributed by atoms with E-state index in [-0.39, 0.29) is 5.91 Å². The molecule has 3 rings (SSSR count). The third kappa shape index (κ3) is 4.88. The van der Waals surface area contributed by atoms with Gasteiger partial charge in [-0.05, 0) is 37.8 Å². The number of amides is 1. The standard InChI is InChI=1S/C18H24N2OS2/c1-13-20-16(12-22-13)17-8-7-15(23-17)10-11-19-18(21)9-6-14-4-2-3-5-14/h7-8,12,14H,2-6,9-11H2,1H3,(H,19,21). The van der Waals surface area contributed by atoms with Gasteiger partial charge in [-0.1, -0.05) is 25.7 Å². The Morgan fingerprint density at radius 2 is 2.17 bits per heavy atom. The topological polar surface area (TPSA) is 42.0 Å². The summed E-state index contributed by atoms with van der Waals surface area (Å²) in [4.78, 5) is 19.0. The molecule has 0 unspecified atom stereocenters. The molecular weight excluding hydrogens is 324 g/mol. The Labute approximate surface area is 146 Å². The fraction of sp³-hybridized carbons (Fsp3) is 0.556. The van der Waals surface area contributed by atoms with E-state index in [1.165, 1.54) is 35.4 Å². The van der Waals surface area contributed by atoms with Gasteiger partial charge >= 0.3 is 0 Å². The normalized spacial score (nSPS) is 15.2. The van der Waals surface area contributed by atoms with Crippen LogP contribution in [0.25, 0.3) is 10.6 Å². The van der Waals surface area contributed by atoms with Crippen LogP contribution in [0.1, 0.15) is 48.4 Å². The van der Waals surface area contributed by atoms with Crippen LogP contribution >= 0.6 is 22.7 Å². The van der Waals surface area contributed by atoms with E-state index in [0.29, 0.717) is 6.42 Å². The van der Waals surface area contributed by atoms with E-state index in [2.05, 4.69) is 27.8 Å². The molecule has 0 radical (unpaired) electrons. The fourth-order valence-electron chi connectivity index (χ4n) is 3.17. The molecule has 5 heteroatoms. The maximum atomic E-state index is 11.9. The fourth-order valence-corrected chi connectivity index (χ4v) is 4.83. The Kier molecular flexibility index (Phi) is 5.84. The molecule has 0 bridgehead atoms. The Bertz CT molecular complexity index is 641. The van der Waals surface area contributed by atoms with E-state index in [0.717, 1.165) is 36.0 Å². The van der Waals surface area contributed by atoms with Crippen LogP contribution in [0.2, 0.25) is 0 Å². The van der Waals surface area contributed by atoms with Crippen molar-refractivity contribution < 1.29 is 4.79 Å². The zero-order chi connectivity index (χ0) is 16.1. The van der Waals surface area contributed by atoms with Crippen LogP contribution in [-0.4, -0.2) is 17.4 Å². The summed E-state index contributed by atoms with van der Waals surface area (Å²) in [7, 11) is 0. The molecule has 2 aromatic rings. The summed E-state index contributed by atoms with van der Waals surface area (Å²) in [6, 6.07) is 4.29. The predicted octanol–water partition coefficient (Wildman–Crippen LogP) is 4.81. The van der Waals surface area contributed by atoms with E-state index in [1.807, 2.05) is 6.92 Å². The second-order valence-electron chi connectivity index (χ2n) is 6.31. The summed E-state index contributed by atoms with van der Waals surface area (Å²) in [6.45, 7) is 2.77. The van der Waals surface area contributed by atoms with Crippen molar-refractivity contribution in [2.45, 2.75) is 51.9 Å². The minimum Gasteiger partial charge on any atom is -0.356 e. The van der Waals surface area contributed by atoms with Gasteiger partial charge in [0.1, 0.15) is 0 Å². The van der Waals surface area contributed by atoms with Crippen LogP contribution < -0.4 is 5.32 Å². The summed E-state index contributed by atoms with van der Waals surface area (Å²) in [6.07, 6.45) is 8.01. The molecule has 1 amide bonds. The highest BCUT2D eigenvalue weighted by molar-refractivity contribution is 7.16. The zero-order valence-electron chi connectivity index (χ0n) is 13.6. The van der Waals surface area contributed by atoms with Gasteiger partial charge in [-0.25, -0.2) is 4.98 Å². The first-order valence-corrected chi connectivity index (χ1v) is 10.2. The number of carbonyl (C=O) groups is 1. The van der Waals surface area contributed by atoms with Crippen LogP contribution in [0, 0.1) is 12.8 Å². The number of carbonyl (C=O) groups excluding carboxylic acids is 1. The molecule has 0 saturated heterocycles. The van der Waals surface area contributed by atoms with Crippen molar-refractivity contribution in [1.82, 2.24) is 10.3 Å². The van der Waals surface area contributed by atoms with E-state index >= 15 is 0 Å². The highest BCUT2D eigenvalue weighted by Gasteiger charge is 2.16. The average molecular weight is 349 g/mol. The number of hydrogen-bond donors (Lipinski definition) is 1. The lowest BCUT2D eigenvalue weighted by atomic mass is 10.0. The van der Waals surface area contributed by atoms with Crippen molar-refractivity contribution in [3.8, 4) is 10.6 Å². The molecule has 1 aliphatic rings. The van der Waals surface area contributed by atoms with Crippen molar-refractivity contribution in [3.63, 3.8) is 0 Å². The molecule has 2 heterocycles. The number of rotatable bonds is 7. The lowest BCUT2D eigenvalue weighted by molar-refractivity contribution is -0.121. The first-order valence-electron chi connectivity index (χ1n) is 8.48. The van der Waals surface area contributed by atoms with Crippen molar-refractivity contribution in [1.29, 1.82) is 0 Å². The smallest absolute Gasteiger partial charge is 0.220 e. The zero-order valence-corrected chi connectivity index (χ0v) is 15.3. The first-order chi connectivity index (χ1) is 11.2. The van der Waals surface area contributed by atoms with Crippen molar-refractivity contribution in [3.05, 3.63) is 27.4 Å². The number of thiazole rings is 1. The summed E-state index contributed by atoms with van der Waals surface area (Å²) < 4.78 is 0. The number of hydrogen-bond acceptors (Lipinski definition) is 4. The SMILES string of the molecule is Cc1nc(-c2ccc(CCNC(=O)CCC3CCCC3)s2)cs1. The number of thiophene rings is 1. The van der Waals surface area contributed by atoms with Gasteiger partial charge in [-0.3, -0.25) is 4.79 Å². The lowest BCUT2D eigenvalue weighted by Crippen LogP contribution is -2.25. The Morgan fingerprint density at radius 1 is 1.35 bits per heavy atom. The molecule has 124 valence electrons. The summed E-state index contributed by atoms with van der Waals surface area (Å²) in [5.74, 6) is 1.01. The number of nitrogens with one attached hydrogen (secondary N) is 1. The van der Waals surface area contributed by atoms with Crippen LogP contribution in [0.3, 0.4) is 0 Å². The summed E-state index contributed by atoms with van der Waals surface area (Å²) in [5, 5.41) is 6.27. The van der Waals surface area contributed by atoms with Crippen molar-refractivity contribution >= 4 is 28.6 Å². The van der Waals surface area contributed by atoms with E-state index < -0.39 is 0 Å². The van der Waals surface area contributed by atoms with Gasteiger partial charge in [0.25, 0.3) is 0 Å². The molecule has 3 nitrogen and oxygen atoms in total. The maximum absolute atomic E-state index is 11.9. The molecule has 0 aliphatic heterocycles. The Hall–Kier alpha value is -1.20. The molecule has 2 aromatic heterocycles. The van der Waals surface area contributed by atoms with Gasteiger partial charge in [-0.15, -0.1) is 22.7 Å². The highest BCUT2D eigenvalue weighted by Crippen LogP contribution is 2.29. The second kappa shape index (κ2) is 8.06. The molecule has 0 atom stereocenters. The largest absolute Gasteiger partial charge is 0.356 e. The maximum Gasteiger partial charge on any atom is 0.220 e. The van der Waals surface area contributed by atoms with Gasteiger partial charge in [0.15, 0.2) is 0 Å². The summed E-state index contributed by atoms with van der Waals surface area (Å²) in [5.41, 5.74) is 1.07. The van der Waals surface area contributed by atoms with Gasteiger partial charge in [0.05, 0.1) is 15.6 Å². The molecule has 23 heavy (non-hydrogen) atoms. The molecule has 0 aromatic carbocycles. The minimum absolute atomic E-state index is 0.212. The Morgan fingerprint density at radius 3 is 2.91 bits per heavy atom. The molecule has 0 spiro atoms. The monoisotopic (exact) mass is 348 g/mol. The second-order valence-corrected chi connectivity index (χ2v) is 8.54. The first kappa shape index (κ1) is 16.7. The van der Waals surface area contributed by atoms with E-state index in [1.54, 1.807) is 22.7 Å². The highest BCUT2D eigenvalue weighted by atomic mass is 32.1. The van der Waals surface area contributed by atoms with Gasteiger partial charge in [-0.2, -0.15) is 0 Å². The number of nitrogens with zero attached hydrogens (tertiary/aromatic N) is 1. The van der Waals surface area contributed by atoms with Gasteiger partial charge in [0.2, 0.25) is 5.91 Å². The molecule has 1 saturated carbocycles. The predicted molar refractivity (Wildman–Crippen MR) is 98.1 cm³/mol. The Balaban J connectivity index is 1.38. The van der Waals surface area contributed by atoms with Crippen LogP contribution in [0.5, 0.6) is 0 Å².